The van der Waals surface area contributed by atoms with Crippen LogP contribution in [0.15, 0.2) is 29.2 Å². The van der Waals surface area contributed by atoms with Crippen LogP contribution in [0.25, 0.3) is 11.7 Å². The first kappa shape index (κ1) is 13.6. The van der Waals surface area contributed by atoms with Gasteiger partial charge in [-0.1, -0.05) is 38.7 Å². The van der Waals surface area contributed by atoms with Gasteiger partial charge in [-0.25, -0.2) is 0 Å². The molecule has 2 heterocycles. The van der Waals surface area contributed by atoms with E-state index < -0.39 is 0 Å². The summed E-state index contributed by atoms with van der Waals surface area (Å²) >= 11 is 0. The molecule has 0 aromatic carbocycles. The first-order valence-electron chi connectivity index (χ1n) is 7.05. The summed E-state index contributed by atoms with van der Waals surface area (Å²) in [5.41, 5.74) is 1.45. The van der Waals surface area contributed by atoms with Gasteiger partial charge < -0.3 is 4.98 Å². The van der Waals surface area contributed by atoms with Crippen molar-refractivity contribution >= 4 is 11.7 Å². The van der Waals surface area contributed by atoms with Gasteiger partial charge in [-0.05, 0) is 18.9 Å². The van der Waals surface area contributed by atoms with Gasteiger partial charge in [0.15, 0.2) is 0 Å². The lowest BCUT2D eigenvalue weighted by molar-refractivity contribution is 0.638. The maximum absolute atomic E-state index is 11.5. The highest BCUT2D eigenvalue weighted by Crippen LogP contribution is 2.08. The standard InChI is InChI=1S/C15H21N3O/c1-2-3-4-5-6-7-8-9-13-12-14-16-11-10-15(19)18(14)17-13/h8-12,16H,2-7H2,1H3. The molecule has 0 spiro atoms. The second kappa shape index (κ2) is 6.92. The fourth-order valence-corrected chi connectivity index (χ4v) is 2.09. The van der Waals surface area contributed by atoms with Crippen LogP contribution in [0.1, 0.15) is 51.1 Å². The zero-order valence-corrected chi connectivity index (χ0v) is 11.4. The number of nitrogens with zero attached hydrogens (tertiary/aromatic N) is 2. The summed E-state index contributed by atoms with van der Waals surface area (Å²) in [6.45, 7) is 2.23. The Labute approximate surface area is 113 Å². The van der Waals surface area contributed by atoms with Crippen molar-refractivity contribution in [2.75, 3.05) is 0 Å². The average molecular weight is 259 g/mol. The second-order valence-electron chi connectivity index (χ2n) is 4.79. The Kier molecular flexibility index (Phi) is 4.95. The molecule has 4 heteroatoms. The fourth-order valence-electron chi connectivity index (χ4n) is 2.09. The Morgan fingerprint density at radius 1 is 1.32 bits per heavy atom. The molecule has 0 aliphatic heterocycles. The van der Waals surface area contributed by atoms with Gasteiger partial charge in [-0.3, -0.25) is 4.79 Å². The maximum atomic E-state index is 11.5. The largest absolute Gasteiger partial charge is 0.346 e. The van der Waals surface area contributed by atoms with E-state index in [0.29, 0.717) is 0 Å². The zero-order chi connectivity index (χ0) is 13.5. The number of aromatic nitrogens is 3. The molecule has 0 saturated heterocycles. The van der Waals surface area contributed by atoms with Crippen LogP contribution in [0, 0.1) is 0 Å². The molecule has 0 unspecified atom stereocenters. The number of nitrogens with one attached hydrogen (secondary N) is 1. The third kappa shape index (κ3) is 3.81. The van der Waals surface area contributed by atoms with E-state index in [2.05, 4.69) is 23.1 Å². The third-order valence-corrected chi connectivity index (χ3v) is 3.16. The lowest BCUT2D eigenvalue weighted by Crippen LogP contribution is -2.12. The summed E-state index contributed by atoms with van der Waals surface area (Å²) in [5, 5.41) is 4.25. The van der Waals surface area contributed by atoms with Crippen molar-refractivity contribution in [1.82, 2.24) is 14.6 Å². The molecule has 0 bridgehead atoms. The summed E-state index contributed by atoms with van der Waals surface area (Å²) in [6, 6.07) is 3.36. The van der Waals surface area contributed by atoms with Gasteiger partial charge in [-0.15, -0.1) is 0 Å². The van der Waals surface area contributed by atoms with Gasteiger partial charge >= 0.3 is 0 Å². The van der Waals surface area contributed by atoms with Crippen LogP contribution in [0.5, 0.6) is 0 Å². The molecular formula is C15H21N3O. The highest BCUT2D eigenvalue weighted by atomic mass is 16.1. The number of unbranched alkanes of at least 4 members (excludes halogenated alkanes) is 5. The molecule has 0 aliphatic rings. The van der Waals surface area contributed by atoms with E-state index in [1.165, 1.54) is 42.7 Å². The number of allylic oxidation sites excluding steroid dienone is 1. The molecule has 0 radical (unpaired) electrons. The van der Waals surface area contributed by atoms with Gasteiger partial charge in [0.05, 0.1) is 5.69 Å². The lowest BCUT2D eigenvalue weighted by atomic mass is 10.1. The lowest BCUT2D eigenvalue weighted by Gasteiger charge is -1.95. The van der Waals surface area contributed by atoms with Crippen molar-refractivity contribution in [1.29, 1.82) is 0 Å². The Bertz CT molecular complexity index is 595. The van der Waals surface area contributed by atoms with Gasteiger partial charge in [0.2, 0.25) is 0 Å². The fraction of sp³-hybridized carbons (Fsp3) is 0.467. The van der Waals surface area contributed by atoms with Crippen molar-refractivity contribution in [3.8, 4) is 0 Å². The molecule has 0 saturated carbocycles. The Hall–Kier alpha value is -1.84. The summed E-state index contributed by atoms with van der Waals surface area (Å²) in [6.07, 6.45) is 13.3. The summed E-state index contributed by atoms with van der Waals surface area (Å²) in [7, 11) is 0. The van der Waals surface area contributed by atoms with E-state index in [0.717, 1.165) is 17.8 Å². The van der Waals surface area contributed by atoms with Crippen LogP contribution < -0.4 is 5.56 Å². The van der Waals surface area contributed by atoms with Crippen LogP contribution in [0.4, 0.5) is 0 Å². The zero-order valence-electron chi connectivity index (χ0n) is 11.4. The molecule has 0 atom stereocenters. The highest BCUT2D eigenvalue weighted by Gasteiger charge is 2.00. The summed E-state index contributed by atoms with van der Waals surface area (Å²) in [4.78, 5) is 14.5. The quantitative estimate of drug-likeness (QED) is 0.775. The molecule has 2 aromatic rings. The normalized spacial score (nSPS) is 11.6. The van der Waals surface area contributed by atoms with Gasteiger partial charge in [0.25, 0.3) is 5.56 Å². The number of aromatic amines is 1. The smallest absolute Gasteiger partial charge is 0.274 e. The number of hydrogen-bond donors (Lipinski definition) is 1. The number of fused-ring (bicyclic) bond motifs is 1. The highest BCUT2D eigenvalue weighted by molar-refractivity contribution is 5.52. The van der Waals surface area contributed by atoms with E-state index in [-0.39, 0.29) is 5.56 Å². The summed E-state index contributed by atoms with van der Waals surface area (Å²) < 4.78 is 1.39. The molecular weight excluding hydrogens is 238 g/mol. The van der Waals surface area contributed by atoms with Crippen molar-refractivity contribution in [3.63, 3.8) is 0 Å². The van der Waals surface area contributed by atoms with Crippen molar-refractivity contribution in [3.05, 3.63) is 40.5 Å². The minimum absolute atomic E-state index is 0.104. The monoisotopic (exact) mass is 259 g/mol. The Morgan fingerprint density at radius 2 is 2.16 bits per heavy atom. The third-order valence-electron chi connectivity index (χ3n) is 3.16. The predicted octanol–water partition coefficient (Wildman–Crippen LogP) is 3.40. The van der Waals surface area contributed by atoms with Gasteiger partial charge in [0.1, 0.15) is 5.65 Å². The van der Waals surface area contributed by atoms with E-state index >= 15 is 0 Å². The second-order valence-corrected chi connectivity index (χ2v) is 4.79. The van der Waals surface area contributed by atoms with Crippen LogP contribution in [-0.4, -0.2) is 14.6 Å². The molecule has 0 fully saturated rings. The molecule has 4 nitrogen and oxygen atoms in total. The van der Waals surface area contributed by atoms with Crippen LogP contribution in [0.2, 0.25) is 0 Å². The van der Waals surface area contributed by atoms with E-state index in [1.54, 1.807) is 6.20 Å². The van der Waals surface area contributed by atoms with Crippen molar-refractivity contribution < 1.29 is 0 Å². The summed E-state index contributed by atoms with van der Waals surface area (Å²) in [5.74, 6) is 0. The minimum atomic E-state index is -0.104. The number of rotatable bonds is 7. The van der Waals surface area contributed by atoms with E-state index in [4.69, 9.17) is 0 Å². The Balaban J connectivity index is 1.87. The minimum Gasteiger partial charge on any atom is -0.346 e. The van der Waals surface area contributed by atoms with Crippen molar-refractivity contribution in [2.45, 2.75) is 45.4 Å². The maximum Gasteiger partial charge on any atom is 0.274 e. The number of hydrogen-bond acceptors (Lipinski definition) is 2. The number of H-pyrrole nitrogens is 1. The van der Waals surface area contributed by atoms with Crippen LogP contribution >= 0.6 is 0 Å². The first-order chi connectivity index (χ1) is 9.31. The molecule has 19 heavy (non-hydrogen) atoms. The molecule has 1 N–H and O–H groups in total. The van der Waals surface area contributed by atoms with E-state index in [9.17, 15) is 4.79 Å². The van der Waals surface area contributed by atoms with E-state index in [1.807, 2.05) is 12.1 Å². The average Bonchev–Trinajstić information content (AvgIpc) is 2.82. The topological polar surface area (TPSA) is 50.2 Å². The SMILES string of the molecule is CCCCCCCC=Cc1cc2[nH]ccc(=O)n2n1. The molecule has 0 amide bonds. The predicted molar refractivity (Wildman–Crippen MR) is 78.2 cm³/mol. The first-order valence-corrected chi connectivity index (χ1v) is 7.05. The van der Waals surface area contributed by atoms with Crippen LogP contribution in [0.3, 0.4) is 0 Å². The molecule has 102 valence electrons. The molecule has 2 rings (SSSR count). The van der Waals surface area contributed by atoms with Crippen molar-refractivity contribution in [2.24, 2.45) is 0 Å². The van der Waals surface area contributed by atoms with Crippen LogP contribution in [-0.2, 0) is 0 Å². The van der Waals surface area contributed by atoms with Gasteiger partial charge in [0, 0.05) is 18.3 Å². The van der Waals surface area contributed by atoms with Gasteiger partial charge in [-0.2, -0.15) is 9.61 Å². The Morgan fingerprint density at radius 3 is 2.95 bits per heavy atom. The molecule has 0 aliphatic carbocycles. The molecule has 2 aromatic heterocycles.